The molecule has 0 aromatic carbocycles. The van der Waals surface area contributed by atoms with Crippen LogP contribution < -0.4 is 5.73 Å². The Morgan fingerprint density at radius 2 is 2.06 bits per heavy atom. The summed E-state index contributed by atoms with van der Waals surface area (Å²) in [5, 5.41) is 0. The molecule has 3 nitrogen and oxygen atoms in total. The zero-order valence-electron chi connectivity index (χ0n) is 11.7. The Morgan fingerprint density at radius 1 is 1.29 bits per heavy atom. The van der Waals surface area contributed by atoms with Crippen LogP contribution in [0.3, 0.4) is 0 Å². The minimum Gasteiger partial charge on any atom is -0.377 e. The average Bonchev–Trinajstić information content (AvgIpc) is 2.59. The second-order valence-electron chi connectivity index (χ2n) is 6.62. The minimum atomic E-state index is 0.0529. The van der Waals surface area contributed by atoms with Crippen LogP contribution in [0.4, 0.5) is 0 Å². The summed E-state index contributed by atoms with van der Waals surface area (Å²) in [5.74, 6) is 0. The predicted molar refractivity (Wildman–Crippen MR) is 71.0 cm³/mol. The molecule has 100 valence electrons. The first kappa shape index (κ1) is 13.3. The molecular formula is C14H28N2O. The fraction of sp³-hybridized carbons (Fsp3) is 1.00. The van der Waals surface area contributed by atoms with Crippen molar-refractivity contribution in [1.29, 1.82) is 0 Å². The van der Waals surface area contributed by atoms with Gasteiger partial charge in [0.05, 0.1) is 5.60 Å². The van der Waals surface area contributed by atoms with Crippen molar-refractivity contribution in [3.8, 4) is 0 Å². The van der Waals surface area contributed by atoms with E-state index in [2.05, 4.69) is 18.7 Å². The number of ether oxygens (including phenoxy) is 1. The number of methoxy groups -OCH3 is 1. The Bertz CT molecular complexity index is 271. The van der Waals surface area contributed by atoms with Crippen LogP contribution in [0.2, 0.25) is 0 Å². The van der Waals surface area contributed by atoms with Crippen molar-refractivity contribution < 1.29 is 4.74 Å². The highest BCUT2D eigenvalue weighted by atomic mass is 16.5. The fourth-order valence-corrected chi connectivity index (χ4v) is 3.58. The SMILES string of the molecule is COC1(C)CCCN(CC2(C)CCCC2N)C1. The molecule has 1 heterocycles. The van der Waals surface area contributed by atoms with Crippen LogP contribution in [0.1, 0.15) is 46.0 Å². The Hall–Kier alpha value is -0.120. The number of piperidine rings is 1. The van der Waals surface area contributed by atoms with Crippen molar-refractivity contribution in [3.63, 3.8) is 0 Å². The lowest BCUT2D eigenvalue weighted by Crippen LogP contribution is -2.52. The van der Waals surface area contributed by atoms with E-state index in [0.717, 1.165) is 13.1 Å². The topological polar surface area (TPSA) is 38.5 Å². The van der Waals surface area contributed by atoms with Gasteiger partial charge in [0.15, 0.2) is 0 Å². The zero-order chi connectivity index (χ0) is 12.5. The molecule has 0 bridgehead atoms. The molecule has 1 saturated carbocycles. The van der Waals surface area contributed by atoms with Crippen LogP contribution >= 0.6 is 0 Å². The fourth-order valence-electron chi connectivity index (χ4n) is 3.58. The first-order chi connectivity index (χ1) is 7.97. The molecule has 3 unspecified atom stereocenters. The Balaban J connectivity index is 1.95. The molecule has 0 spiro atoms. The second kappa shape index (κ2) is 4.87. The largest absolute Gasteiger partial charge is 0.377 e. The Kier molecular flexibility index (Phi) is 3.81. The average molecular weight is 240 g/mol. The molecule has 2 rings (SSSR count). The van der Waals surface area contributed by atoms with Gasteiger partial charge < -0.3 is 10.5 Å². The van der Waals surface area contributed by atoms with E-state index in [9.17, 15) is 0 Å². The van der Waals surface area contributed by atoms with E-state index in [4.69, 9.17) is 10.5 Å². The summed E-state index contributed by atoms with van der Waals surface area (Å²) >= 11 is 0. The molecule has 3 atom stereocenters. The molecule has 1 saturated heterocycles. The van der Waals surface area contributed by atoms with Crippen LogP contribution in [-0.2, 0) is 4.74 Å². The van der Waals surface area contributed by atoms with Crippen LogP contribution in [0.25, 0.3) is 0 Å². The number of nitrogens with zero attached hydrogens (tertiary/aromatic N) is 1. The van der Waals surface area contributed by atoms with Crippen LogP contribution in [-0.4, -0.2) is 43.3 Å². The van der Waals surface area contributed by atoms with E-state index in [0.29, 0.717) is 11.5 Å². The normalized spacial score (nSPS) is 44.1. The summed E-state index contributed by atoms with van der Waals surface area (Å²) < 4.78 is 5.66. The van der Waals surface area contributed by atoms with Gasteiger partial charge in [0, 0.05) is 26.2 Å². The van der Waals surface area contributed by atoms with Gasteiger partial charge in [0.1, 0.15) is 0 Å². The maximum absolute atomic E-state index is 6.27. The molecule has 0 aromatic heterocycles. The predicted octanol–water partition coefficient (Wildman–Crippen LogP) is 2.00. The van der Waals surface area contributed by atoms with Gasteiger partial charge in [0.25, 0.3) is 0 Å². The van der Waals surface area contributed by atoms with Gasteiger partial charge in [-0.15, -0.1) is 0 Å². The smallest absolute Gasteiger partial charge is 0.0777 e. The number of nitrogens with two attached hydrogens (primary N) is 1. The van der Waals surface area contributed by atoms with Gasteiger partial charge in [-0.25, -0.2) is 0 Å². The first-order valence-corrected chi connectivity index (χ1v) is 7.01. The quantitative estimate of drug-likeness (QED) is 0.820. The lowest BCUT2D eigenvalue weighted by atomic mass is 9.83. The molecule has 2 aliphatic rings. The number of hydrogen-bond acceptors (Lipinski definition) is 3. The highest BCUT2D eigenvalue weighted by molar-refractivity contribution is 4.95. The molecule has 3 heteroatoms. The van der Waals surface area contributed by atoms with Gasteiger partial charge in [0.2, 0.25) is 0 Å². The summed E-state index contributed by atoms with van der Waals surface area (Å²) in [4.78, 5) is 2.57. The van der Waals surface area contributed by atoms with Crippen molar-refractivity contribution in [2.24, 2.45) is 11.1 Å². The summed E-state index contributed by atoms with van der Waals surface area (Å²) in [5.41, 5.74) is 6.65. The van der Waals surface area contributed by atoms with Gasteiger partial charge in [-0.2, -0.15) is 0 Å². The van der Waals surface area contributed by atoms with E-state index in [1.165, 1.54) is 38.6 Å². The Morgan fingerprint density at radius 3 is 2.65 bits per heavy atom. The molecule has 17 heavy (non-hydrogen) atoms. The van der Waals surface area contributed by atoms with E-state index in [-0.39, 0.29) is 5.60 Å². The summed E-state index contributed by atoms with van der Waals surface area (Å²) in [6.45, 7) is 8.01. The third kappa shape index (κ3) is 2.83. The number of rotatable bonds is 3. The van der Waals surface area contributed by atoms with Crippen molar-refractivity contribution in [2.45, 2.75) is 57.6 Å². The number of hydrogen-bond donors (Lipinski definition) is 1. The van der Waals surface area contributed by atoms with Gasteiger partial charge >= 0.3 is 0 Å². The van der Waals surface area contributed by atoms with E-state index < -0.39 is 0 Å². The maximum Gasteiger partial charge on any atom is 0.0777 e. The van der Waals surface area contributed by atoms with Crippen LogP contribution in [0.15, 0.2) is 0 Å². The zero-order valence-corrected chi connectivity index (χ0v) is 11.7. The van der Waals surface area contributed by atoms with Crippen molar-refractivity contribution in [1.82, 2.24) is 4.90 Å². The summed E-state index contributed by atoms with van der Waals surface area (Å²) in [6.07, 6.45) is 6.21. The van der Waals surface area contributed by atoms with Crippen molar-refractivity contribution in [3.05, 3.63) is 0 Å². The molecular weight excluding hydrogens is 212 g/mol. The van der Waals surface area contributed by atoms with Gasteiger partial charge in [-0.05, 0) is 44.6 Å². The van der Waals surface area contributed by atoms with Crippen molar-refractivity contribution >= 4 is 0 Å². The van der Waals surface area contributed by atoms with E-state index in [1.54, 1.807) is 0 Å². The van der Waals surface area contributed by atoms with Gasteiger partial charge in [-0.1, -0.05) is 13.3 Å². The summed E-state index contributed by atoms with van der Waals surface area (Å²) in [6, 6.07) is 0.387. The molecule has 0 aromatic rings. The lowest BCUT2D eigenvalue weighted by molar-refractivity contribution is -0.0589. The molecule has 0 amide bonds. The number of likely N-dealkylation sites (tertiary alicyclic amines) is 1. The molecule has 1 aliphatic heterocycles. The first-order valence-electron chi connectivity index (χ1n) is 7.01. The molecule has 1 aliphatic carbocycles. The monoisotopic (exact) mass is 240 g/mol. The summed E-state index contributed by atoms with van der Waals surface area (Å²) in [7, 11) is 1.84. The highest BCUT2D eigenvalue weighted by Crippen LogP contribution is 2.38. The Labute approximate surface area is 106 Å². The van der Waals surface area contributed by atoms with Crippen molar-refractivity contribution in [2.75, 3.05) is 26.7 Å². The third-order valence-electron chi connectivity index (χ3n) is 4.97. The van der Waals surface area contributed by atoms with E-state index in [1.807, 2.05) is 7.11 Å². The lowest BCUT2D eigenvalue weighted by Gasteiger charge is -2.43. The van der Waals surface area contributed by atoms with E-state index >= 15 is 0 Å². The minimum absolute atomic E-state index is 0.0529. The molecule has 2 N–H and O–H groups in total. The highest BCUT2D eigenvalue weighted by Gasteiger charge is 2.40. The second-order valence-corrected chi connectivity index (χ2v) is 6.62. The van der Waals surface area contributed by atoms with Crippen LogP contribution in [0, 0.1) is 5.41 Å². The van der Waals surface area contributed by atoms with Crippen LogP contribution in [0.5, 0.6) is 0 Å². The molecule has 0 radical (unpaired) electrons. The third-order valence-corrected chi connectivity index (χ3v) is 4.97. The standard InChI is InChI=1S/C14H28N2O/c1-13(7-4-6-12(13)15)10-16-9-5-8-14(2,11-16)17-3/h12H,4-11,15H2,1-3H3. The van der Waals surface area contributed by atoms with Gasteiger partial charge in [-0.3, -0.25) is 4.90 Å². The molecule has 2 fully saturated rings. The maximum atomic E-state index is 6.27.